The highest BCUT2D eigenvalue weighted by molar-refractivity contribution is 14.1. The molecule has 0 unspecified atom stereocenters. The van der Waals surface area contributed by atoms with Gasteiger partial charge in [0.15, 0.2) is 0 Å². The van der Waals surface area contributed by atoms with Crippen molar-refractivity contribution in [3.8, 4) is 0 Å². The highest BCUT2D eigenvalue weighted by atomic mass is 127. The molecule has 1 aliphatic carbocycles. The second-order valence-corrected chi connectivity index (χ2v) is 5.09. The minimum Gasteiger partial charge on any atom is -0.367 e. The topological polar surface area (TPSA) is 24.9 Å². The van der Waals surface area contributed by atoms with E-state index in [0.29, 0.717) is 6.04 Å². The van der Waals surface area contributed by atoms with E-state index in [0.717, 1.165) is 5.82 Å². The molecule has 1 fully saturated rings. The van der Waals surface area contributed by atoms with Crippen LogP contribution in [0.3, 0.4) is 0 Å². The highest BCUT2D eigenvalue weighted by Gasteiger charge is 2.12. The standard InChI is InChI=1S/C11H15IN2/c12-9-6-7-11(13-8-9)14-10-4-2-1-3-5-10/h6-8,10H,1-5H2,(H,13,14). The van der Waals surface area contributed by atoms with E-state index < -0.39 is 0 Å². The third-order valence-corrected chi connectivity index (χ3v) is 3.32. The summed E-state index contributed by atoms with van der Waals surface area (Å²) in [5, 5.41) is 3.49. The highest BCUT2D eigenvalue weighted by Crippen LogP contribution is 2.20. The van der Waals surface area contributed by atoms with Gasteiger partial charge in [-0.2, -0.15) is 0 Å². The van der Waals surface area contributed by atoms with Gasteiger partial charge in [-0.15, -0.1) is 0 Å². The van der Waals surface area contributed by atoms with E-state index in [9.17, 15) is 0 Å². The molecule has 2 rings (SSSR count). The monoisotopic (exact) mass is 302 g/mol. The van der Waals surface area contributed by atoms with Crippen molar-refractivity contribution >= 4 is 28.4 Å². The number of nitrogens with one attached hydrogen (secondary N) is 1. The van der Waals surface area contributed by atoms with Gasteiger partial charge in [0, 0.05) is 15.8 Å². The smallest absolute Gasteiger partial charge is 0.126 e. The van der Waals surface area contributed by atoms with Gasteiger partial charge in [0.2, 0.25) is 0 Å². The fourth-order valence-corrected chi connectivity index (χ4v) is 2.24. The summed E-state index contributed by atoms with van der Waals surface area (Å²) in [5.41, 5.74) is 0. The van der Waals surface area contributed by atoms with E-state index >= 15 is 0 Å². The first kappa shape index (κ1) is 10.2. The maximum absolute atomic E-state index is 4.35. The molecule has 76 valence electrons. The van der Waals surface area contributed by atoms with Gasteiger partial charge >= 0.3 is 0 Å². The molecule has 0 spiro atoms. The van der Waals surface area contributed by atoms with Gasteiger partial charge < -0.3 is 5.32 Å². The number of hydrogen-bond acceptors (Lipinski definition) is 2. The van der Waals surface area contributed by atoms with Crippen LogP contribution >= 0.6 is 22.6 Å². The third kappa shape index (κ3) is 2.83. The second-order valence-electron chi connectivity index (χ2n) is 3.84. The van der Waals surface area contributed by atoms with Gasteiger partial charge in [-0.25, -0.2) is 4.98 Å². The van der Waals surface area contributed by atoms with E-state index in [1.807, 2.05) is 6.20 Å². The molecule has 1 heterocycles. The van der Waals surface area contributed by atoms with Crippen molar-refractivity contribution in [1.29, 1.82) is 0 Å². The van der Waals surface area contributed by atoms with Gasteiger partial charge in [-0.3, -0.25) is 0 Å². The molecule has 1 aliphatic rings. The molecule has 1 aromatic heterocycles. The van der Waals surface area contributed by atoms with Crippen LogP contribution in [0.4, 0.5) is 5.82 Å². The Hall–Kier alpha value is -0.320. The molecule has 0 bridgehead atoms. The molecule has 0 radical (unpaired) electrons. The molecule has 1 saturated carbocycles. The summed E-state index contributed by atoms with van der Waals surface area (Å²) in [5.74, 6) is 1.03. The van der Waals surface area contributed by atoms with E-state index in [1.165, 1.54) is 35.7 Å². The Morgan fingerprint density at radius 3 is 2.64 bits per heavy atom. The number of halogens is 1. The van der Waals surface area contributed by atoms with E-state index in [2.05, 4.69) is 45.0 Å². The summed E-state index contributed by atoms with van der Waals surface area (Å²) < 4.78 is 1.19. The summed E-state index contributed by atoms with van der Waals surface area (Å²) in [6.45, 7) is 0. The summed E-state index contributed by atoms with van der Waals surface area (Å²) in [4.78, 5) is 4.35. The number of anilines is 1. The molecule has 1 N–H and O–H groups in total. The normalized spacial score (nSPS) is 18.1. The predicted octanol–water partition coefficient (Wildman–Crippen LogP) is 3.43. The van der Waals surface area contributed by atoms with Crippen molar-refractivity contribution in [2.24, 2.45) is 0 Å². The van der Waals surface area contributed by atoms with Crippen LogP contribution in [0.25, 0.3) is 0 Å². The van der Waals surface area contributed by atoms with Crippen molar-refractivity contribution < 1.29 is 0 Å². The number of aromatic nitrogens is 1. The number of pyridine rings is 1. The Morgan fingerprint density at radius 2 is 2.00 bits per heavy atom. The lowest BCUT2D eigenvalue weighted by atomic mass is 9.95. The van der Waals surface area contributed by atoms with Crippen molar-refractivity contribution in [1.82, 2.24) is 4.98 Å². The molecule has 0 atom stereocenters. The minimum absolute atomic E-state index is 0.649. The zero-order valence-corrected chi connectivity index (χ0v) is 10.3. The number of rotatable bonds is 2. The van der Waals surface area contributed by atoms with Crippen molar-refractivity contribution in [2.45, 2.75) is 38.1 Å². The van der Waals surface area contributed by atoms with Gasteiger partial charge in [0.25, 0.3) is 0 Å². The maximum Gasteiger partial charge on any atom is 0.126 e. The van der Waals surface area contributed by atoms with Crippen LogP contribution < -0.4 is 5.32 Å². The van der Waals surface area contributed by atoms with Gasteiger partial charge in [-0.1, -0.05) is 19.3 Å². The van der Waals surface area contributed by atoms with Gasteiger partial charge in [-0.05, 0) is 47.6 Å². The zero-order valence-electron chi connectivity index (χ0n) is 8.17. The summed E-state index contributed by atoms with van der Waals surface area (Å²) in [7, 11) is 0. The molecule has 0 amide bonds. The first-order valence-corrected chi connectivity index (χ1v) is 6.30. The van der Waals surface area contributed by atoms with E-state index in [1.54, 1.807) is 0 Å². The molecule has 0 saturated heterocycles. The van der Waals surface area contributed by atoms with Crippen molar-refractivity contribution in [2.75, 3.05) is 5.32 Å². The molecular weight excluding hydrogens is 287 g/mol. The van der Waals surface area contributed by atoms with Crippen LogP contribution in [0.1, 0.15) is 32.1 Å². The van der Waals surface area contributed by atoms with Crippen LogP contribution in [-0.4, -0.2) is 11.0 Å². The fraction of sp³-hybridized carbons (Fsp3) is 0.545. The van der Waals surface area contributed by atoms with E-state index in [4.69, 9.17) is 0 Å². The maximum atomic E-state index is 4.35. The Balaban J connectivity index is 1.92. The SMILES string of the molecule is Ic1ccc(NC2CCCCC2)nc1. The Kier molecular flexibility index (Phi) is 3.61. The summed E-state index contributed by atoms with van der Waals surface area (Å²) >= 11 is 2.28. The third-order valence-electron chi connectivity index (χ3n) is 2.68. The first-order chi connectivity index (χ1) is 6.84. The van der Waals surface area contributed by atoms with Crippen LogP contribution in [0.2, 0.25) is 0 Å². The lowest BCUT2D eigenvalue weighted by Crippen LogP contribution is -2.22. The summed E-state index contributed by atoms with van der Waals surface area (Å²) in [6, 6.07) is 4.81. The quantitative estimate of drug-likeness (QED) is 0.847. The summed E-state index contributed by atoms with van der Waals surface area (Å²) in [6.07, 6.45) is 8.63. The number of hydrogen-bond donors (Lipinski definition) is 1. The lowest BCUT2D eigenvalue weighted by Gasteiger charge is -2.23. The zero-order chi connectivity index (χ0) is 9.80. The molecule has 0 aliphatic heterocycles. The molecule has 14 heavy (non-hydrogen) atoms. The minimum atomic E-state index is 0.649. The molecular formula is C11H15IN2. The van der Waals surface area contributed by atoms with Crippen molar-refractivity contribution in [3.05, 3.63) is 21.9 Å². The molecule has 2 nitrogen and oxygen atoms in total. The number of nitrogens with zero attached hydrogens (tertiary/aromatic N) is 1. The average molecular weight is 302 g/mol. The molecule has 0 aromatic carbocycles. The lowest BCUT2D eigenvalue weighted by molar-refractivity contribution is 0.462. The van der Waals surface area contributed by atoms with E-state index in [-0.39, 0.29) is 0 Å². The predicted molar refractivity (Wildman–Crippen MR) is 67.4 cm³/mol. The molecule has 1 aromatic rings. The van der Waals surface area contributed by atoms with Crippen LogP contribution in [0.5, 0.6) is 0 Å². The van der Waals surface area contributed by atoms with Gasteiger partial charge in [0.05, 0.1) is 0 Å². The van der Waals surface area contributed by atoms with Gasteiger partial charge in [0.1, 0.15) is 5.82 Å². The van der Waals surface area contributed by atoms with Crippen LogP contribution in [0.15, 0.2) is 18.3 Å². The fourth-order valence-electron chi connectivity index (χ4n) is 1.92. The van der Waals surface area contributed by atoms with Crippen molar-refractivity contribution in [3.63, 3.8) is 0 Å². The Bertz CT molecular complexity index is 278. The Labute approximate surface area is 98.6 Å². The average Bonchev–Trinajstić information content (AvgIpc) is 2.23. The second kappa shape index (κ2) is 4.96. The Morgan fingerprint density at radius 1 is 1.21 bits per heavy atom. The first-order valence-electron chi connectivity index (χ1n) is 5.23. The molecule has 3 heteroatoms. The van der Waals surface area contributed by atoms with Crippen LogP contribution in [0, 0.1) is 3.57 Å². The van der Waals surface area contributed by atoms with Crippen LogP contribution in [-0.2, 0) is 0 Å². The largest absolute Gasteiger partial charge is 0.367 e.